The lowest BCUT2D eigenvalue weighted by atomic mass is 9.79. The first-order valence-electron chi connectivity index (χ1n) is 14.5. The van der Waals surface area contributed by atoms with E-state index in [1.165, 1.54) is 16.7 Å². The SMILES string of the molecule is CC1=C(/C=C/C2=[N+](C)c3ccc(C(=O)O)cc3C2(C)C)CC(C)C/C1=C\C=C1\N(C)c2ccc(C(=O)O)cc2C1(C)C. The van der Waals surface area contributed by atoms with Crippen molar-refractivity contribution in [3.63, 3.8) is 0 Å². The molecule has 2 aromatic carbocycles. The van der Waals surface area contributed by atoms with Crippen molar-refractivity contribution < 1.29 is 24.4 Å². The molecule has 42 heavy (non-hydrogen) atoms. The Morgan fingerprint density at radius 2 is 1.52 bits per heavy atom. The molecule has 1 unspecified atom stereocenters. The molecule has 6 heteroatoms. The third-order valence-corrected chi connectivity index (χ3v) is 9.54. The number of benzene rings is 2. The van der Waals surface area contributed by atoms with E-state index in [0.717, 1.165) is 46.8 Å². The van der Waals surface area contributed by atoms with Gasteiger partial charge in [-0.3, -0.25) is 0 Å². The summed E-state index contributed by atoms with van der Waals surface area (Å²) in [7, 11) is 4.10. The molecule has 0 saturated carbocycles. The fraction of sp³-hybridized carbons (Fsp3) is 0.361. The van der Waals surface area contributed by atoms with Crippen LogP contribution < -0.4 is 4.90 Å². The predicted octanol–water partition coefficient (Wildman–Crippen LogP) is 7.63. The van der Waals surface area contributed by atoms with Crippen molar-refractivity contribution in [3.05, 3.63) is 105 Å². The minimum absolute atomic E-state index is 0.311. The molecule has 2 aliphatic heterocycles. The van der Waals surface area contributed by atoms with Crippen molar-refractivity contribution >= 4 is 29.0 Å². The minimum Gasteiger partial charge on any atom is -0.478 e. The molecule has 0 saturated heterocycles. The van der Waals surface area contributed by atoms with Crippen molar-refractivity contribution in [3.8, 4) is 0 Å². The van der Waals surface area contributed by atoms with Gasteiger partial charge in [0.05, 0.1) is 16.5 Å². The van der Waals surface area contributed by atoms with Crippen LogP contribution in [0.2, 0.25) is 0 Å². The standard InChI is InChI=1S/C36H40N2O4/c1-21-17-23(11-15-31-35(3,4)27-19-25(33(39)40)9-13-29(27)37(31)7)22(2)24(18-21)12-16-32-36(5,6)28-20-26(34(41)42)10-14-30(28)38(32)8/h9-16,19-21H,17-18H2,1-8H3,(H-,39,40,41,42)/p+1. The van der Waals surface area contributed by atoms with E-state index in [4.69, 9.17) is 0 Å². The summed E-state index contributed by atoms with van der Waals surface area (Å²) in [5.74, 6) is -1.32. The molecule has 0 amide bonds. The summed E-state index contributed by atoms with van der Waals surface area (Å²) in [6, 6.07) is 10.8. The van der Waals surface area contributed by atoms with Gasteiger partial charge >= 0.3 is 11.9 Å². The summed E-state index contributed by atoms with van der Waals surface area (Å²) in [5, 5.41) is 19.1. The lowest BCUT2D eigenvalue weighted by Crippen LogP contribution is -2.27. The highest BCUT2D eigenvalue weighted by Gasteiger charge is 2.43. The second kappa shape index (κ2) is 10.3. The monoisotopic (exact) mass is 565 g/mol. The van der Waals surface area contributed by atoms with Gasteiger partial charge in [0, 0.05) is 41.6 Å². The van der Waals surface area contributed by atoms with Crippen molar-refractivity contribution in [2.75, 3.05) is 19.0 Å². The maximum atomic E-state index is 11.6. The van der Waals surface area contributed by atoms with Gasteiger partial charge in [0.1, 0.15) is 7.05 Å². The van der Waals surface area contributed by atoms with Gasteiger partial charge in [-0.1, -0.05) is 32.9 Å². The maximum Gasteiger partial charge on any atom is 0.335 e. The number of anilines is 1. The highest BCUT2D eigenvalue weighted by molar-refractivity contribution is 6.04. The van der Waals surface area contributed by atoms with Crippen LogP contribution in [0.5, 0.6) is 0 Å². The van der Waals surface area contributed by atoms with E-state index in [0.29, 0.717) is 17.0 Å². The third kappa shape index (κ3) is 4.73. The van der Waals surface area contributed by atoms with Gasteiger partial charge in [-0.15, -0.1) is 0 Å². The zero-order chi connectivity index (χ0) is 30.7. The predicted molar refractivity (Wildman–Crippen MR) is 169 cm³/mol. The van der Waals surface area contributed by atoms with E-state index in [1.807, 2.05) is 26.2 Å². The Balaban J connectivity index is 1.48. The van der Waals surface area contributed by atoms with Crippen molar-refractivity contribution in [1.29, 1.82) is 0 Å². The molecule has 0 fully saturated rings. The van der Waals surface area contributed by atoms with Crippen LogP contribution >= 0.6 is 0 Å². The van der Waals surface area contributed by atoms with Gasteiger partial charge in [0.25, 0.3) is 0 Å². The first-order chi connectivity index (χ1) is 19.6. The summed E-state index contributed by atoms with van der Waals surface area (Å²) in [6.07, 6.45) is 10.9. The Bertz CT molecular complexity index is 1680. The van der Waals surface area contributed by atoms with Gasteiger partial charge in [-0.05, 0) is 98.2 Å². The van der Waals surface area contributed by atoms with Crippen LogP contribution in [-0.2, 0) is 10.8 Å². The fourth-order valence-electron chi connectivity index (χ4n) is 7.02. The molecule has 0 bridgehead atoms. The number of nitrogens with zero attached hydrogens (tertiary/aromatic N) is 2. The van der Waals surface area contributed by atoms with Crippen LogP contribution in [0.3, 0.4) is 0 Å². The first kappa shape index (κ1) is 29.3. The van der Waals surface area contributed by atoms with E-state index in [-0.39, 0.29) is 10.8 Å². The van der Waals surface area contributed by atoms with Crippen LogP contribution in [-0.4, -0.2) is 46.5 Å². The van der Waals surface area contributed by atoms with Crippen molar-refractivity contribution in [1.82, 2.24) is 0 Å². The molecule has 1 atom stereocenters. The topological polar surface area (TPSA) is 80.9 Å². The summed E-state index contributed by atoms with van der Waals surface area (Å²) in [5.41, 5.74) is 10.3. The van der Waals surface area contributed by atoms with Crippen LogP contribution in [0.15, 0.2) is 83.1 Å². The van der Waals surface area contributed by atoms with Gasteiger partial charge in [0.15, 0.2) is 5.71 Å². The average Bonchev–Trinajstić information content (AvgIpc) is 3.24. The van der Waals surface area contributed by atoms with Gasteiger partial charge in [0.2, 0.25) is 5.69 Å². The van der Waals surface area contributed by atoms with Crippen molar-refractivity contribution in [2.45, 2.75) is 65.2 Å². The molecule has 6 nitrogen and oxygen atoms in total. The minimum atomic E-state index is -0.910. The summed E-state index contributed by atoms with van der Waals surface area (Å²) in [6.45, 7) is 13.1. The molecule has 2 aromatic rings. The Labute approximate surface area is 248 Å². The average molecular weight is 566 g/mol. The Morgan fingerprint density at radius 3 is 2.17 bits per heavy atom. The highest BCUT2D eigenvalue weighted by Crippen LogP contribution is 2.47. The largest absolute Gasteiger partial charge is 0.478 e. The fourth-order valence-corrected chi connectivity index (χ4v) is 7.02. The molecule has 218 valence electrons. The van der Waals surface area contributed by atoms with E-state index < -0.39 is 11.9 Å². The zero-order valence-electron chi connectivity index (χ0n) is 25.9. The number of hydrogen-bond acceptors (Lipinski definition) is 3. The molecular weight excluding hydrogens is 524 g/mol. The van der Waals surface area contributed by atoms with Crippen molar-refractivity contribution in [2.24, 2.45) is 5.92 Å². The molecular formula is C36H41N2O4+. The smallest absolute Gasteiger partial charge is 0.335 e. The number of rotatable bonds is 5. The van der Waals surface area contributed by atoms with E-state index in [9.17, 15) is 19.8 Å². The van der Waals surface area contributed by atoms with E-state index >= 15 is 0 Å². The molecule has 3 aliphatic rings. The lowest BCUT2D eigenvalue weighted by Gasteiger charge is -2.26. The summed E-state index contributed by atoms with van der Waals surface area (Å²) < 4.78 is 2.17. The second-order valence-electron chi connectivity index (χ2n) is 13.1. The van der Waals surface area contributed by atoms with Crippen LogP contribution in [0.25, 0.3) is 0 Å². The number of hydrogen-bond donors (Lipinski definition) is 2. The number of carboxylic acid groups (broad SMARTS) is 2. The van der Waals surface area contributed by atoms with Gasteiger partial charge in [-0.25, -0.2) is 9.59 Å². The molecule has 0 radical (unpaired) electrons. The maximum absolute atomic E-state index is 11.6. The summed E-state index contributed by atoms with van der Waals surface area (Å²) >= 11 is 0. The van der Waals surface area contributed by atoms with Crippen LogP contribution in [0.1, 0.15) is 86.2 Å². The van der Waals surface area contributed by atoms with Gasteiger partial charge in [-0.2, -0.15) is 4.58 Å². The first-order valence-corrected chi connectivity index (χ1v) is 14.5. The van der Waals surface area contributed by atoms with E-state index in [1.54, 1.807) is 24.3 Å². The normalized spacial score (nSPS) is 22.9. The van der Waals surface area contributed by atoms with Crippen LogP contribution in [0.4, 0.5) is 11.4 Å². The highest BCUT2D eigenvalue weighted by atomic mass is 16.4. The Hall–Kier alpha value is -4.19. The number of fused-ring (bicyclic) bond motifs is 2. The molecule has 2 N–H and O–H groups in total. The molecule has 5 rings (SSSR count). The molecule has 0 spiro atoms. The van der Waals surface area contributed by atoms with Gasteiger partial charge < -0.3 is 15.1 Å². The number of aromatic carboxylic acids is 2. The number of carbonyl (C=O) groups is 2. The quantitative estimate of drug-likeness (QED) is 0.364. The molecule has 0 aromatic heterocycles. The molecule has 1 aliphatic carbocycles. The van der Waals surface area contributed by atoms with E-state index in [2.05, 4.69) is 75.3 Å². The molecule has 2 heterocycles. The number of likely N-dealkylation sites (N-methyl/N-ethyl adjacent to an activating group) is 1. The lowest BCUT2D eigenvalue weighted by molar-refractivity contribution is -0.401. The third-order valence-electron chi connectivity index (χ3n) is 9.54. The van der Waals surface area contributed by atoms with Crippen LogP contribution in [0, 0.1) is 5.92 Å². The Kier molecular flexibility index (Phi) is 7.16. The zero-order valence-corrected chi connectivity index (χ0v) is 25.9. The summed E-state index contributed by atoms with van der Waals surface area (Å²) in [4.78, 5) is 25.4. The number of carboxylic acids is 2. The number of allylic oxidation sites excluding steroid dienone is 8. The Morgan fingerprint density at radius 1 is 0.905 bits per heavy atom. The second-order valence-corrected chi connectivity index (χ2v) is 13.1.